The number of carbonyl (C=O) groups excluding carboxylic acids is 1. The molecule has 2 rings (SSSR count). The molecule has 0 aromatic heterocycles. The molecule has 0 radical (unpaired) electrons. The SMILES string of the molecule is CC(=O)O[C@H]1C[C@H]2CC[C@@H]1[C@@H]2Br. The number of ether oxygens (including phenoxy) is 1. The maximum Gasteiger partial charge on any atom is 0.302 e. The van der Waals surface area contributed by atoms with Crippen molar-refractivity contribution in [3.63, 3.8) is 0 Å². The fraction of sp³-hybridized carbons (Fsp3) is 0.889. The van der Waals surface area contributed by atoms with Crippen molar-refractivity contribution >= 4 is 21.9 Å². The zero-order chi connectivity index (χ0) is 8.72. The van der Waals surface area contributed by atoms with Crippen LogP contribution in [-0.2, 0) is 9.53 Å². The van der Waals surface area contributed by atoms with Crippen molar-refractivity contribution in [1.82, 2.24) is 0 Å². The van der Waals surface area contributed by atoms with Gasteiger partial charge in [-0.2, -0.15) is 0 Å². The van der Waals surface area contributed by atoms with Crippen LogP contribution in [0.5, 0.6) is 0 Å². The first kappa shape index (κ1) is 8.54. The Balaban J connectivity index is 1.99. The molecule has 0 aliphatic heterocycles. The molecule has 3 heteroatoms. The van der Waals surface area contributed by atoms with E-state index < -0.39 is 0 Å². The quantitative estimate of drug-likeness (QED) is 0.512. The van der Waals surface area contributed by atoms with E-state index in [0.717, 1.165) is 12.3 Å². The summed E-state index contributed by atoms with van der Waals surface area (Å²) in [5, 5.41) is 0. The van der Waals surface area contributed by atoms with Gasteiger partial charge < -0.3 is 4.74 Å². The Kier molecular flexibility index (Phi) is 2.15. The smallest absolute Gasteiger partial charge is 0.302 e. The number of rotatable bonds is 1. The van der Waals surface area contributed by atoms with Crippen LogP contribution in [0, 0.1) is 11.8 Å². The highest BCUT2D eigenvalue weighted by atomic mass is 79.9. The van der Waals surface area contributed by atoms with E-state index >= 15 is 0 Å². The van der Waals surface area contributed by atoms with Gasteiger partial charge in [0.05, 0.1) is 0 Å². The van der Waals surface area contributed by atoms with E-state index in [1.54, 1.807) is 0 Å². The van der Waals surface area contributed by atoms with Gasteiger partial charge in [-0.15, -0.1) is 0 Å². The molecule has 0 heterocycles. The summed E-state index contributed by atoms with van der Waals surface area (Å²) in [5.74, 6) is 1.20. The number of esters is 1. The molecule has 12 heavy (non-hydrogen) atoms. The topological polar surface area (TPSA) is 26.3 Å². The van der Waals surface area contributed by atoms with Crippen LogP contribution in [0.2, 0.25) is 0 Å². The fourth-order valence-electron chi connectivity index (χ4n) is 2.54. The molecular formula is C9H13BrO2. The summed E-state index contributed by atoms with van der Waals surface area (Å²) >= 11 is 3.67. The van der Waals surface area contributed by atoms with Crippen molar-refractivity contribution in [2.75, 3.05) is 0 Å². The van der Waals surface area contributed by atoms with E-state index in [4.69, 9.17) is 4.74 Å². The summed E-state index contributed by atoms with van der Waals surface area (Å²) in [6.45, 7) is 1.50. The van der Waals surface area contributed by atoms with Crippen LogP contribution in [0.4, 0.5) is 0 Å². The summed E-state index contributed by atoms with van der Waals surface area (Å²) in [4.78, 5) is 11.3. The Labute approximate surface area is 80.8 Å². The summed E-state index contributed by atoms with van der Waals surface area (Å²) in [6.07, 6.45) is 3.79. The number of alkyl halides is 1. The zero-order valence-electron chi connectivity index (χ0n) is 7.13. The Morgan fingerprint density at radius 2 is 2.25 bits per heavy atom. The second-order valence-corrected chi connectivity index (χ2v) is 4.89. The number of halogens is 1. The molecule has 2 bridgehead atoms. The molecule has 4 atom stereocenters. The Bertz CT molecular complexity index is 205. The molecule has 0 N–H and O–H groups in total. The van der Waals surface area contributed by atoms with Crippen LogP contribution >= 0.6 is 15.9 Å². The molecule has 0 amide bonds. The third-order valence-electron chi connectivity index (χ3n) is 3.06. The first-order chi connectivity index (χ1) is 5.68. The maximum absolute atomic E-state index is 10.7. The molecule has 2 nitrogen and oxygen atoms in total. The van der Waals surface area contributed by atoms with Gasteiger partial charge in [0.15, 0.2) is 0 Å². The van der Waals surface area contributed by atoms with Crippen LogP contribution < -0.4 is 0 Å². The predicted molar refractivity (Wildman–Crippen MR) is 49.1 cm³/mol. The van der Waals surface area contributed by atoms with Crippen LogP contribution in [0.15, 0.2) is 0 Å². The first-order valence-corrected chi connectivity index (χ1v) is 5.41. The average molecular weight is 233 g/mol. The summed E-state index contributed by atoms with van der Waals surface area (Å²) < 4.78 is 5.25. The Hall–Kier alpha value is -0.0500. The third kappa shape index (κ3) is 1.28. The minimum absolute atomic E-state index is 0.132. The van der Waals surface area contributed by atoms with E-state index in [0.29, 0.717) is 10.7 Å². The molecule has 0 unspecified atom stereocenters. The number of fused-ring (bicyclic) bond motifs is 2. The van der Waals surface area contributed by atoms with Gasteiger partial charge in [0, 0.05) is 17.7 Å². The predicted octanol–water partition coefficient (Wildman–Crippen LogP) is 2.11. The van der Waals surface area contributed by atoms with Gasteiger partial charge in [0.2, 0.25) is 0 Å². The highest BCUT2D eigenvalue weighted by Gasteiger charge is 2.48. The largest absolute Gasteiger partial charge is 0.462 e. The lowest BCUT2D eigenvalue weighted by molar-refractivity contribution is -0.148. The van der Waals surface area contributed by atoms with Gasteiger partial charge in [0.25, 0.3) is 0 Å². The van der Waals surface area contributed by atoms with E-state index in [-0.39, 0.29) is 12.1 Å². The average Bonchev–Trinajstić information content (AvgIpc) is 2.44. The van der Waals surface area contributed by atoms with E-state index in [2.05, 4.69) is 15.9 Å². The number of carbonyl (C=O) groups is 1. The first-order valence-electron chi connectivity index (χ1n) is 4.50. The van der Waals surface area contributed by atoms with Crippen molar-refractivity contribution in [2.24, 2.45) is 11.8 Å². The van der Waals surface area contributed by atoms with E-state index in [9.17, 15) is 4.79 Å². The molecule has 0 aromatic carbocycles. The molecule has 2 saturated carbocycles. The van der Waals surface area contributed by atoms with Gasteiger partial charge in [-0.05, 0) is 25.2 Å². The molecule has 68 valence electrons. The van der Waals surface area contributed by atoms with Crippen molar-refractivity contribution in [3.05, 3.63) is 0 Å². The normalized spacial score (nSPS) is 44.8. The molecule has 0 saturated heterocycles. The fourth-order valence-corrected chi connectivity index (χ4v) is 3.62. The molecule has 2 fully saturated rings. The Morgan fingerprint density at radius 3 is 2.67 bits per heavy atom. The number of hydrogen-bond donors (Lipinski definition) is 0. The van der Waals surface area contributed by atoms with Crippen LogP contribution in [0.1, 0.15) is 26.2 Å². The minimum atomic E-state index is -0.132. The van der Waals surface area contributed by atoms with E-state index in [1.165, 1.54) is 19.8 Å². The molecule has 2 aliphatic rings. The van der Waals surface area contributed by atoms with Crippen LogP contribution in [0.25, 0.3) is 0 Å². The van der Waals surface area contributed by atoms with Gasteiger partial charge in [-0.25, -0.2) is 0 Å². The molecular weight excluding hydrogens is 220 g/mol. The maximum atomic E-state index is 10.7. The highest BCUT2D eigenvalue weighted by molar-refractivity contribution is 9.09. The van der Waals surface area contributed by atoms with Crippen molar-refractivity contribution in [2.45, 2.75) is 37.1 Å². The summed E-state index contributed by atoms with van der Waals surface area (Å²) in [7, 11) is 0. The summed E-state index contributed by atoms with van der Waals surface area (Å²) in [5.41, 5.74) is 0. The highest BCUT2D eigenvalue weighted by Crippen LogP contribution is 2.49. The van der Waals surface area contributed by atoms with Crippen molar-refractivity contribution < 1.29 is 9.53 Å². The van der Waals surface area contributed by atoms with Crippen LogP contribution in [0.3, 0.4) is 0 Å². The number of hydrogen-bond acceptors (Lipinski definition) is 2. The zero-order valence-corrected chi connectivity index (χ0v) is 8.71. The standard InChI is InChI=1S/C9H13BrO2/c1-5(11)12-8-4-6-2-3-7(8)9(6)10/h6-9H,2-4H2,1H3/t6-,7+,8+,9-/m1/s1. The third-order valence-corrected chi connectivity index (χ3v) is 4.49. The minimum Gasteiger partial charge on any atom is -0.462 e. The lowest BCUT2D eigenvalue weighted by Gasteiger charge is -2.20. The second-order valence-electron chi connectivity index (χ2n) is 3.83. The summed E-state index contributed by atoms with van der Waals surface area (Å²) in [6, 6.07) is 0. The van der Waals surface area contributed by atoms with Gasteiger partial charge in [-0.3, -0.25) is 4.79 Å². The molecule has 0 spiro atoms. The van der Waals surface area contributed by atoms with Gasteiger partial charge in [-0.1, -0.05) is 15.9 Å². The van der Waals surface area contributed by atoms with Gasteiger partial charge >= 0.3 is 5.97 Å². The van der Waals surface area contributed by atoms with Crippen LogP contribution in [-0.4, -0.2) is 16.9 Å². The Morgan fingerprint density at radius 1 is 1.50 bits per heavy atom. The monoisotopic (exact) mass is 232 g/mol. The van der Waals surface area contributed by atoms with Gasteiger partial charge in [0.1, 0.15) is 6.10 Å². The molecule has 0 aromatic rings. The van der Waals surface area contributed by atoms with E-state index in [1.807, 2.05) is 0 Å². The molecule has 2 aliphatic carbocycles. The van der Waals surface area contributed by atoms with Crippen molar-refractivity contribution in [3.8, 4) is 0 Å². The lowest BCUT2D eigenvalue weighted by Crippen LogP contribution is -2.23. The lowest BCUT2D eigenvalue weighted by atomic mass is 9.98. The second kappa shape index (κ2) is 3.02. The van der Waals surface area contributed by atoms with Crippen molar-refractivity contribution in [1.29, 1.82) is 0 Å².